The molecule has 2 aliphatic rings. The molecule has 1 aromatic carbocycles. The summed E-state index contributed by atoms with van der Waals surface area (Å²) in [4.78, 5) is 36.2. The molecule has 0 radical (unpaired) electrons. The second-order valence-corrected chi connectivity index (χ2v) is 7.77. The number of hydrogen-bond acceptors (Lipinski definition) is 6. The molecule has 0 bridgehead atoms. The van der Waals surface area contributed by atoms with Crippen molar-refractivity contribution in [1.29, 1.82) is 0 Å². The first-order valence-corrected chi connectivity index (χ1v) is 8.71. The molecule has 0 spiro atoms. The number of non-ortho nitro benzene ring substituents is 1. The molecule has 142 valence electrons. The zero-order valence-electron chi connectivity index (χ0n) is 15.8. The highest BCUT2D eigenvalue weighted by Crippen LogP contribution is 2.47. The van der Waals surface area contributed by atoms with E-state index in [9.17, 15) is 19.7 Å². The molecule has 0 saturated heterocycles. The number of benzene rings is 1. The zero-order chi connectivity index (χ0) is 19.9. The highest BCUT2D eigenvalue weighted by molar-refractivity contribution is 6.04. The van der Waals surface area contributed by atoms with Crippen molar-refractivity contribution < 1.29 is 19.2 Å². The molecule has 1 heterocycles. The number of nitro benzene ring substituents is 1. The van der Waals surface area contributed by atoms with Gasteiger partial charge in [0.05, 0.1) is 17.6 Å². The molecule has 1 aliphatic heterocycles. The van der Waals surface area contributed by atoms with Crippen molar-refractivity contribution in [2.45, 2.75) is 39.5 Å². The van der Waals surface area contributed by atoms with Gasteiger partial charge in [-0.1, -0.05) is 26.0 Å². The van der Waals surface area contributed by atoms with Crippen LogP contribution in [0.1, 0.15) is 45.1 Å². The van der Waals surface area contributed by atoms with Crippen molar-refractivity contribution in [3.8, 4) is 0 Å². The van der Waals surface area contributed by atoms with E-state index in [1.165, 1.54) is 19.2 Å². The normalized spacial score (nSPS) is 21.5. The maximum Gasteiger partial charge on any atom is 0.336 e. The van der Waals surface area contributed by atoms with Gasteiger partial charge in [0.1, 0.15) is 0 Å². The Morgan fingerprint density at radius 1 is 1.33 bits per heavy atom. The zero-order valence-corrected chi connectivity index (χ0v) is 15.8. The fraction of sp³-hybridized carbons (Fsp3) is 0.400. The number of Topliss-reactive ketones (excluding diaryl/α,β-unsaturated/α-hetero) is 1. The quantitative estimate of drug-likeness (QED) is 0.498. The first-order valence-electron chi connectivity index (χ1n) is 8.71. The summed E-state index contributed by atoms with van der Waals surface area (Å²) in [7, 11) is 1.28. The molecule has 1 N–H and O–H groups in total. The van der Waals surface area contributed by atoms with Gasteiger partial charge in [0, 0.05) is 41.4 Å². The number of esters is 1. The van der Waals surface area contributed by atoms with Crippen molar-refractivity contribution in [2.75, 3.05) is 7.11 Å². The first-order chi connectivity index (χ1) is 12.6. The fourth-order valence-corrected chi connectivity index (χ4v) is 3.97. The Morgan fingerprint density at radius 3 is 2.67 bits per heavy atom. The summed E-state index contributed by atoms with van der Waals surface area (Å²) in [6, 6.07) is 6.08. The molecule has 0 fully saturated rings. The lowest BCUT2D eigenvalue weighted by Gasteiger charge is -2.39. The van der Waals surface area contributed by atoms with Gasteiger partial charge in [0.15, 0.2) is 5.78 Å². The van der Waals surface area contributed by atoms with Crippen molar-refractivity contribution in [2.24, 2.45) is 5.41 Å². The van der Waals surface area contributed by atoms with Gasteiger partial charge in [-0.25, -0.2) is 4.79 Å². The Kier molecular flexibility index (Phi) is 4.63. The highest BCUT2D eigenvalue weighted by atomic mass is 16.6. The SMILES string of the molecule is COC(=O)C1=C(C)NC2=C(C(=O)CC(C)(C)C2)[C@@H]1c1cccc([N+](=O)[O-])c1. The molecule has 1 aromatic rings. The van der Waals surface area contributed by atoms with Crippen LogP contribution in [0.3, 0.4) is 0 Å². The number of ketones is 1. The first kappa shape index (κ1) is 18.8. The van der Waals surface area contributed by atoms with E-state index < -0.39 is 16.8 Å². The van der Waals surface area contributed by atoms with E-state index in [0.717, 1.165) is 5.70 Å². The number of nitrogens with zero attached hydrogens (tertiary/aromatic N) is 1. The smallest absolute Gasteiger partial charge is 0.336 e. The number of dihydropyridines is 1. The van der Waals surface area contributed by atoms with Crippen LogP contribution in [-0.2, 0) is 14.3 Å². The third-order valence-corrected chi connectivity index (χ3v) is 5.06. The van der Waals surface area contributed by atoms with Gasteiger partial charge in [-0.3, -0.25) is 14.9 Å². The van der Waals surface area contributed by atoms with E-state index in [2.05, 4.69) is 5.32 Å². The molecule has 1 aliphatic carbocycles. The number of carbonyl (C=O) groups is 2. The summed E-state index contributed by atoms with van der Waals surface area (Å²) < 4.78 is 4.94. The molecule has 0 amide bonds. The molecular formula is C20H22N2O5. The lowest BCUT2D eigenvalue weighted by molar-refractivity contribution is -0.384. The van der Waals surface area contributed by atoms with Crippen molar-refractivity contribution >= 4 is 17.4 Å². The molecule has 0 unspecified atom stereocenters. The molecule has 27 heavy (non-hydrogen) atoms. The van der Waals surface area contributed by atoms with Crippen LogP contribution in [0.15, 0.2) is 46.8 Å². The molecule has 0 saturated carbocycles. The summed E-state index contributed by atoms with van der Waals surface area (Å²) in [6.45, 7) is 5.80. The van der Waals surface area contributed by atoms with Crippen LogP contribution in [-0.4, -0.2) is 23.8 Å². The number of allylic oxidation sites excluding steroid dienone is 3. The Balaban J connectivity index is 2.23. The maximum atomic E-state index is 13.0. The Labute approximate surface area is 157 Å². The number of methoxy groups -OCH3 is 1. The fourth-order valence-electron chi connectivity index (χ4n) is 3.97. The minimum Gasteiger partial charge on any atom is -0.466 e. The molecule has 3 rings (SSSR count). The highest BCUT2D eigenvalue weighted by Gasteiger charge is 2.43. The third kappa shape index (κ3) is 3.37. The van der Waals surface area contributed by atoms with Gasteiger partial charge in [-0.15, -0.1) is 0 Å². The van der Waals surface area contributed by atoms with Gasteiger partial charge in [0.25, 0.3) is 5.69 Å². The van der Waals surface area contributed by atoms with Crippen molar-refractivity contribution in [3.63, 3.8) is 0 Å². The van der Waals surface area contributed by atoms with Gasteiger partial charge < -0.3 is 10.1 Å². The Bertz CT molecular complexity index is 911. The second kappa shape index (κ2) is 6.64. The summed E-state index contributed by atoms with van der Waals surface area (Å²) in [5.74, 6) is -1.29. The summed E-state index contributed by atoms with van der Waals surface area (Å²) in [6.07, 6.45) is 1.01. The van der Waals surface area contributed by atoms with E-state index in [1.54, 1.807) is 19.1 Å². The van der Waals surface area contributed by atoms with Crippen molar-refractivity contribution in [3.05, 3.63) is 62.5 Å². The minimum absolute atomic E-state index is 0.0563. The predicted octanol–water partition coefficient (Wildman–Crippen LogP) is 3.37. The average Bonchev–Trinajstić information content (AvgIpc) is 2.58. The van der Waals surface area contributed by atoms with E-state index >= 15 is 0 Å². The number of ether oxygens (including phenoxy) is 1. The van der Waals surface area contributed by atoms with Crippen LogP contribution in [0.25, 0.3) is 0 Å². The number of hydrogen-bond donors (Lipinski definition) is 1. The van der Waals surface area contributed by atoms with Gasteiger partial charge in [-0.05, 0) is 24.3 Å². The van der Waals surface area contributed by atoms with Crippen LogP contribution >= 0.6 is 0 Å². The van der Waals surface area contributed by atoms with Crippen LogP contribution in [0.2, 0.25) is 0 Å². The summed E-state index contributed by atoms with van der Waals surface area (Å²) >= 11 is 0. The minimum atomic E-state index is -0.683. The van der Waals surface area contributed by atoms with Gasteiger partial charge in [0.2, 0.25) is 0 Å². The Hall–Kier alpha value is -2.96. The number of nitrogens with one attached hydrogen (secondary N) is 1. The van der Waals surface area contributed by atoms with E-state index in [0.29, 0.717) is 35.2 Å². The molecule has 7 heteroatoms. The standard InChI is InChI=1S/C20H22N2O5/c1-11-16(19(24)27-4)17(12-6-5-7-13(8-12)22(25)26)18-14(21-11)9-20(2,3)10-15(18)23/h5-8,17,21H,9-10H2,1-4H3/t17-/m1/s1. The average molecular weight is 370 g/mol. The van der Waals surface area contributed by atoms with E-state index in [1.807, 2.05) is 13.8 Å². The van der Waals surface area contributed by atoms with Gasteiger partial charge in [-0.2, -0.15) is 0 Å². The number of rotatable bonds is 3. The second-order valence-electron chi connectivity index (χ2n) is 7.77. The Morgan fingerprint density at radius 2 is 2.04 bits per heavy atom. The predicted molar refractivity (Wildman–Crippen MR) is 98.7 cm³/mol. The number of nitro groups is 1. The van der Waals surface area contributed by atoms with E-state index in [4.69, 9.17) is 4.74 Å². The maximum absolute atomic E-state index is 13.0. The van der Waals surface area contributed by atoms with Crippen LogP contribution in [0.5, 0.6) is 0 Å². The van der Waals surface area contributed by atoms with Crippen molar-refractivity contribution in [1.82, 2.24) is 5.32 Å². The van der Waals surface area contributed by atoms with Crippen LogP contribution in [0, 0.1) is 15.5 Å². The van der Waals surface area contributed by atoms with Crippen LogP contribution in [0.4, 0.5) is 5.69 Å². The molecule has 0 aromatic heterocycles. The third-order valence-electron chi connectivity index (χ3n) is 5.06. The van der Waals surface area contributed by atoms with Crippen LogP contribution < -0.4 is 5.32 Å². The van der Waals surface area contributed by atoms with Gasteiger partial charge >= 0.3 is 5.97 Å². The summed E-state index contributed by atoms with van der Waals surface area (Å²) in [5.41, 5.74) is 2.44. The summed E-state index contributed by atoms with van der Waals surface area (Å²) in [5, 5.41) is 14.4. The number of carbonyl (C=O) groups excluding carboxylic acids is 2. The molecular weight excluding hydrogens is 348 g/mol. The molecule has 1 atom stereocenters. The monoisotopic (exact) mass is 370 g/mol. The topological polar surface area (TPSA) is 98.5 Å². The lowest BCUT2D eigenvalue weighted by Crippen LogP contribution is -2.38. The largest absolute Gasteiger partial charge is 0.466 e. The lowest BCUT2D eigenvalue weighted by atomic mass is 9.68. The molecule has 7 nitrogen and oxygen atoms in total. The van der Waals surface area contributed by atoms with E-state index in [-0.39, 0.29) is 16.9 Å².